The molecule has 0 amide bonds. The zero-order valence-electron chi connectivity index (χ0n) is 10.8. The van der Waals surface area contributed by atoms with E-state index in [4.69, 9.17) is 10.6 Å². The number of nitrogens with two attached hydrogens (primary N) is 1. The van der Waals surface area contributed by atoms with E-state index in [2.05, 4.69) is 15.7 Å². The van der Waals surface area contributed by atoms with Crippen molar-refractivity contribution in [3.05, 3.63) is 29.6 Å². The van der Waals surface area contributed by atoms with Gasteiger partial charge in [0.15, 0.2) is 0 Å². The maximum absolute atomic E-state index is 13.6. The highest BCUT2D eigenvalue weighted by Crippen LogP contribution is 2.18. The van der Waals surface area contributed by atoms with Crippen molar-refractivity contribution in [2.24, 2.45) is 10.8 Å². The topological polar surface area (TPSA) is 71.7 Å². The van der Waals surface area contributed by atoms with Gasteiger partial charge in [0.05, 0.1) is 18.3 Å². The first kappa shape index (κ1) is 14.4. The molecule has 1 rings (SSSR count). The van der Waals surface area contributed by atoms with E-state index in [1.54, 1.807) is 26.2 Å². The van der Waals surface area contributed by atoms with Crippen LogP contribution in [-0.4, -0.2) is 25.7 Å². The first-order valence-electron chi connectivity index (χ1n) is 5.64. The summed E-state index contributed by atoms with van der Waals surface area (Å²) < 4.78 is 18.6. The number of nitrogens with one attached hydrogen (secondary N) is 2. The molecule has 100 valence electrons. The van der Waals surface area contributed by atoms with Crippen molar-refractivity contribution >= 4 is 11.6 Å². The van der Waals surface area contributed by atoms with E-state index < -0.39 is 0 Å². The van der Waals surface area contributed by atoms with Gasteiger partial charge in [0, 0.05) is 7.11 Å². The van der Waals surface area contributed by atoms with Gasteiger partial charge >= 0.3 is 0 Å². The number of aliphatic imine (C=N–C) groups is 1. The molecule has 0 heterocycles. The smallest absolute Gasteiger partial charge is 0.210 e. The fraction of sp³-hybridized carbons (Fsp3) is 0.417. The summed E-state index contributed by atoms with van der Waals surface area (Å²) in [6, 6.07) is 4.75. The lowest BCUT2D eigenvalue weighted by Crippen LogP contribution is -2.38. The predicted molar refractivity (Wildman–Crippen MR) is 70.9 cm³/mol. The largest absolute Gasteiger partial charge is 0.382 e. The number of hydrogen-bond donors (Lipinski definition) is 3. The average molecular weight is 254 g/mol. The number of hydrazine groups is 1. The number of aryl methyl sites for hydroxylation is 1. The van der Waals surface area contributed by atoms with E-state index in [9.17, 15) is 4.39 Å². The van der Waals surface area contributed by atoms with E-state index in [1.807, 2.05) is 6.92 Å². The summed E-state index contributed by atoms with van der Waals surface area (Å²) in [6.07, 6.45) is 0. The second-order valence-corrected chi connectivity index (χ2v) is 3.98. The summed E-state index contributed by atoms with van der Waals surface area (Å²) >= 11 is 0. The molecular weight excluding hydrogens is 235 g/mol. The van der Waals surface area contributed by atoms with Gasteiger partial charge in [-0.1, -0.05) is 12.1 Å². The normalized spacial score (nSPS) is 13.3. The summed E-state index contributed by atoms with van der Waals surface area (Å²) in [4.78, 5) is 4.24. The van der Waals surface area contributed by atoms with Crippen molar-refractivity contribution in [1.29, 1.82) is 0 Å². The first-order valence-corrected chi connectivity index (χ1v) is 5.64. The molecule has 6 heteroatoms. The highest BCUT2D eigenvalue weighted by atomic mass is 19.1. The first-order chi connectivity index (χ1) is 8.58. The molecule has 4 N–H and O–H groups in total. The zero-order chi connectivity index (χ0) is 13.5. The Morgan fingerprint density at radius 2 is 2.28 bits per heavy atom. The van der Waals surface area contributed by atoms with E-state index >= 15 is 0 Å². The Balaban J connectivity index is 2.86. The standard InChI is InChI=1S/C12H19FN4O/c1-8-5-4-6-10(13)11(8)16-12(17-14)15-9(2)7-18-3/h4-6,9H,7,14H2,1-3H3,(H2,15,16,17). The molecule has 0 bridgehead atoms. The summed E-state index contributed by atoms with van der Waals surface area (Å²) in [6.45, 7) is 4.14. The van der Waals surface area contributed by atoms with E-state index in [0.29, 0.717) is 18.3 Å². The van der Waals surface area contributed by atoms with E-state index in [0.717, 1.165) is 5.56 Å². The van der Waals surface area contributed by atoms with Gasteiger partial charge in [0.1, 0.15) is 5.82 Å². The predicted octanol–water partition coefficient (Wildman–Crippen LogP) is 1.40. The Bertz CT molecular complexity index is 402. The van der Waals surface area contributed by atoms with Crippen molar-refractivity contribution in [1.82, 2.24) is 5.43 Å². The summed E-state index contributed by atoms with van der Waals surface area (Å²) in [5.74, 6) is 5.31. The molecule has 0 radical (unpaired) electrons. The third-order valence-electron chi connectivity index (χ3n) is 2.36. The minimum Gasteiger partial charge on any atom is -0.382 e. The van der Waals surface area contributed by atoms with Gasteiger partial charge in [0.25, 0.3) is 0 Å². The number of methoxy groups -OCH3 is 1. The van der Waals surface area contributed by atoms with Crippen LogP contribution in [0.3, 0.4) is 0 Å². The van der Waals surface area contributed by atoms with Crippen LogP contribution in [0.25, 0.3) is 0 Å². The number of benzene rings is 1. The van der Waals surface area contributed by atoms with Crippen molar-refractivity contribution in [3.8, 4) is 0 Å². The second kappa shape index (κ2) is 6.93. The SMILES string of the molecule is COCC(C)N=C(NN)Nc1c(C)cccc1F. The summed E-state index contributed by atoms with van der Waals surface area (Å²) in [7, 11) is 1.59. The number of hydrogen-bond acceptors (Lipinski definition) is 3. The van der Waals surface area contributed by atoms with Gasteiger partial charge in [-0.2, -0.15) is 0 Å². The van der Waals surface area contributed by atoms with Gasteiger partial charge in [-0.15, -0.1) is 0 Å². The fourth-order valence-corrected chi connectivity index (χ4v) is 1.51. The lowest BCUT2D eigenvalue weighted by atomic mass is 10.2. The Kier molecular flexibility index (Phi) is 5.54. The Labute approximate surface area is 106 Å². The minimum atomic E-state index is -0.350. The van der Waals surface area contributed by atoms with E-state index in [1.165, 1.54) is 6.07 Å². The van der Waals surface area contributed by atoms with Gasteiger partial charge in [-0.05, 0) is 25.5 Å². The van der Waals surface area contributed by atoms with Crippen LogP contribution in [0, 0.1) is 12.7 Å². The molecule has 0 aliphatic rings. The van der Waals surface area contributed by atoms with Crippen LogP contribution in [0.15, 0.2) is 23.2 Å². The number of nitrogens with zero attached hydrogens (tertiary/aromatic N) is 1. The van der Waals surface area contributed by atoms with Crippen molar-refractivity contribution in [3.63, 3.8) is 0 Å². The number of anilines is 1. The molecule has 0 aliphatic carbocycles. The number of para-hydroxylation sites is 1. The highest BCUT2D eigenvalue weighted by molar-refractivity contribution is 5.94. The number of guanidine groups is 1. The molecule has 1 aromatic rings. The molecule has 0 spiro atoms. The van der Waals surface area contributed by atoms with Gasteiger partial charge < -0.3 is 10.1 Å². The fourth-order valence-electron chi connectivity index (χ4n) is 1.51. The average Bonchev–Trinajstić information content (AvgIpc) is 2.33. The molecule has 1 atom stereocenters. The lowest BCUT2D eigenvalue weighted by Gasteiger charge is -2.14. The molecule has 0 saturated carbocycles. The van der Waals surface area contributed by atoms with Gasteiger partial charge in [0.2, 0.25) is 5.96 Å². The van der Waals surface area contributed by atoms with E-state index in [-0.39, 0.29) is 11.9 Å². The van der Waals surface area contributed by atoms with Crippen molar-refractivity contribution in [2.45, 2.75) is 19.9 Å². The molecule has 1 aromatic carbocycles. The molecule has 5 nitrogen and oxygen atoms in total. The van der Waals surface area contributed by atoms with Crippen LogP contribution in [0.4, 0.5) is 10.1 Å². The zero-order valence-corrected chi connectivity index (χ0v) is 10.8. The monoisotopic (exact) mass is 254 g/mol. The number of halogens is 1. The molecule has 0 saturated heterocycles. The third-order valence-corrected chi connectivity index (χ3v) is 2.36. The lowest BCUT2D eigenvalue weighted by molar-refractivity contribution is 0.185. The third kappa shape index (κ3) is 3.97. The van der Waals surface area contributed by atoms with Gasteiger partial charge in [-0.25, -0.2) is 15.2 Å². The number of rotatable bonds is 4. The minimum absolute atomic E-state index is 0.0828. The summed E-state index contributed by atoms with van der Waals surface area (Å²) in [5, 5.41) is 2.84. The van der Waals surface area contributed by atoms with Crippen LogP contribution in [0.5, 0.6) is 0 Å². The van der Waals surface area contributed by atoms with Crippen LogP contribution >= 0.6 is 0 Å². The molecular formula is C12H19FN4O. The highest BCUT2D eigenvalue weighted by Gasteiger charge is 2.08. The molecule has 0 fully saturated rings. The maximum atomic E-state index is 13.6. The van der Waals surface area contributed by atoms with Crippen molar-refractivity contribution < 1.29 is 9.13 Å². The Morgan fingerprint density at radius 3 is 2.83 bits per heavy atom. The molecule has 18 heavy (non-hydrogen) atoms. The molecule has 0 aromatic heterocycles. The van der Waals surface area contributed by atoms with Gasteiger partial charge in [-0.3, -0.25) is 5.43 Å². The quantitative estimate of drug-likeness (QED) is 0.329. The van der Waals surface area contributed by atoms with Crippen molar-refractivity contribution in [2.75, 3.05) is 19.0 Å². The Morgan fingerprint density at radius 1 is 1.56 bits per heavy atom. The van der Waals surface area contributed by atoms with Crippen LogP contribution in [0.2, 0.25) is 0 Å². The molecule has 1 unspecified atom stereocenters. The number of ether oxygens (including phenoxy) is 1. The van der Waals surface area contributed by atoms with Crippen LogP contribution in [0.1, 0.15) is 12.5 Å². The molecule has 0 aliphatic heterocycles. The van der Waals surface area contributed by atoms with Crippen LogP contribution < -0.4 is 16.6 Å². The van der Waals surface area contributed by atoms with Crippen LogP contribution in [-0.2, 0) is 4.74 Å². The Hall–Kier alpha value is -1.66. The second-order valence-electron chi connectivity index (χ2n) is 3.98. The summed E-state index contributed by atoms with van der Waals surface area (Å²) in [5.41, 5.74) is 3.55. The maximum Gasteiger partial charge on any atom is 0.210 e.